The van der Waals surface area contributed by atoms with Crippen molar-refractivity contribution in [2.75, 3.05) is 6.54 Å². The maximum Gasteiger partial charge on any atom is 0.243 e. The quantitative estimate of drug-likeness (QED) is 0.741. The molecule has 0 fully saturated rings. The molecule has 4 heteroatoms. The Morgan fingerprint density at radius 2 is 2.57 bits per heavy atom. The molecule has 1 atom stereocenters. The molecule has 0 aromatic carbocycles. The molecule has 1 unspecified atom stereocenters. The lowest BCUT2D eigenvalue weighted by Crippen LogP contribution is -2.26. The average Bonchev–Trinajstić information content (AvgIpc) is 2.67. The summed E-state index contributed by atoms with van der Waals surface area (Å²) in [5, 5.41) is 16.0. The highest BCUT2D eigenvalue weighted by atomic mass is 32.1. The highest BCUT2D eigenvalue weighted by Crippen LogP contribution is 2.14. The summed E-state index contributed by atoms with van der Waals surface area (Å²) in [5.74, 6) is -0.179. The van der Waals surface area contributed by atoms with Crippen molar-refractivity contribution in [3.05, 3.63) is 34.5 Å². The zero-order valence-electron chi connectivity index (χ0n) is 7.93. The second-order valence-electron chi connectivity index (χ2n) is 2.82. The van der Waals surface area contributed by atoms with Crippen molar-refractivity contribution in [1.82, 2.24) is 5.32 Å². The first-order chi connectivity index (χ1) is 6.74. The summed E-state index contributed by atoms with van der Waals surface area (Å²) in [6, 6.07) is 1.84. The van der Waals surface area contributed by atoms with Crippen LogP contribution in [0.2, 0.25) is 0 Å². The number of amides is 1. The Morgan fingerprint density at radius 1 is 1.79 bits per heavy atom. The van der Waals surface area contributed by atoms with Crippen molar-refractivity contribution in [3.8, 4) is 0 Å². The maximum absolute atomic E-state index is 11.0. The van der Waals surface area contributed by atoms with Crippen LogP contribution in [-0.4, -0.2) is 17.6 Å². The Balaban J connectivity index is 2.35. The molecule has 76 valence electrons. The molecule has 0 saturated heterocycles. The van der Waals surface area contributed by atoms with Crippen molar-refractivity contribution in [1.29, 1.82) is 0 Å². The number of allylic oxidation sites excluding steroid dienone is 1. The highest BCUT2D eigenvalue weighted by molar-refractivity contribution is 7.07. The fourth-order valence-corrected chi connectivity index (χ4v) is 1.70. The van der Waals surface area contributed by atoms with Gasteiger partial charge in [0.2, 0.25) is 5.91 Å². The lowest BCUT2D eigenvalue weighted by molar-refractivity contribution is -0.116. The normalized spacial score (nSPS) is 13.0. The van der Waals surface area contributed by atoms with Gasteiger partial charge in [-0.25, -0.2) is 0 Å². The van der Waals surface area contributed by atoms with E-state index in [0.717, 1.165) is 5.56 Å². The zero-order valence-corrected chi connectivity index (χ0v) is 8.75. The Hall–Kier alpha value is -1.13. The monoisotopic (exact) mass is 211 g/mol. The van der Waals surface area contributed by atoms with E-state index in [1.165, 1.54) is 17.4 Å². The minimum absolute atomic E-state index is 0.179. The van der Waals surface area contributed by atoms with E-state index in [9.17, 15) is 9.90 Å². The van der Waals surface area contributed by atoms with Gasteiger partial charge in [-0.15, -0.1) is 0 Å². The van der Waals surface area contributed by atoms with Crippen LogP contribution in [0.3, 0.4) is 0 Å². The largest absolute Gasteiger partial charge is 0.387 e. The minimum Gasteiger partial charge on any atom is -0.387 e. The van der Waals surface area contributed by atoms with Crippen LogP contribution in [-0.2, 0) is 4.79 Å². The lowest BCUT2D eigenvalue weighted by Gasteiger charge is -2.08. The zero-order chi connectivity index (χ0) is 10.4. The first-order valence-corrected chi connectivity index (χ1v) is 5.29. The molecule has 2 N–H and O–H groups in total. The molecule has 0 aliphatic rings. The number of aliphatic hydroxyl groups is 1. The van der Waals surface area contributed by atoms with Gasteiger partial charge in [0.1, 0.15) is 0 Å². The van der Waals surface area contributed by atoms with Crippen molar-refractivity contribution < 1.29 is 9.90 Å². The van der Waals surface area contributed by atoms with Gasteiger partial charge in [-0.05, 0) is 35.4 Å². The SMILES string of the molecule is C/C=C/C(=O)NCC(O)c1ccsc1. The van der Waals surface area contributed by atoms with Crippen LogP contribution in [0, 0.1) is 0 Å². The predicted molar refractivity (Wildman–Crippen MR) is 57.1 cm³/mol. The molecule has 0 aliphatic carbocycles. The van der Waals surface area contributed by atoms with Crippen molar-refractivity contribution in [2.24, 2.45) is 0 Å². The van der Waals surface area contributed by atoms with E-state index in [4.69, 9.17) is 0 Å². The van der Waals surface area contributed by atoms with Crippen molar-refractivity contribution in [2.45, 2.75) is 13.0 Å². The van der Waals surface area contributed by atoms with Crippen LogP contribution in [0.4, 0.5) is 0 Å². The number of thiophene rings is 1. The van der Waals surface area contributed by atoms with E-state index in [1.807, 2.05) is 16.8 Å². The number of carbonyl (C=O) groups excluding carboxylic acids is 1. The first-order valence-electron chi connectivity index (χ1n) is 4.34. The van der Waals surface area contributed by atoms with Gasteiger partial charge in [0, 0.05) is 6.54 Å². The minimum atomic E-state index is -0.615. The summed E-state index contributed by atoms with van der Waals surface area (Å²) in [6.45, 7) is 2.02. The van der Waals surface area contributed by atoms with Crippen LogP contribution in [0.1, 0.15) is 18.6 Å². The third kappa shape index (κ3) is 3.32. The van der Waals surface area contributed by atoms with Crippen LogP contribution < -0.4 is 5.32 Å². The van der Waals surface area contributed by atoms with Gasteiger partial charge in [0.25, 0.3) is 0 Å². The van der Waals surface area contributed by atoms with E-state index in [1.54, 1.807) is 13.0 Å². The predicted octanol–water partition coefficient (Wildman–Crippen LogP) is 1.47. The number of carbonyl (C=O) groups is 1. The second-order valence-corrected chi connectivity index (χ2v) is 3.60. The summed E-state index contributed by atoms with van der Waals surface area (Å²) in [4.78, 5) is 11.0. The summed E-state index contributed by atoms with van der Waals surface area (Å²) < 4.78 is 0. The smallest absolute Gasteiger partial charge is 0.243 e. The van der Waals surface area contributed by atoms with Crippen LogP contribution in [0.15, 0.2) is 29.0 Å². The topological polar surface area (TPSA) is 49.3 Å². The maximum atomic E-state index is 11.0. The molecule has 1 heterocycles. The van der Waals surface area contributed by atoms with Gasteiger partial charge in [-0.3, -0.25) is 4.79 Å². The number of hydrogen-bond acceptors (Lipinski definition) is 3. The van der Waals surface area contributed by atoms with E-state index >= 15 is 0 Å². The standard InChI is InChI=1S/C10H13NO2S/c1-2-3-10(13)11-6-9(12)8-4-5-14-7-8/h2-5,7,9,12H,6H2,1H3,(H,11,13)/b3-2+. The fraction of sp³-hybridized carbons (Fsp3) is 0.300. The van der Waals surface area contributed by atoms with E-state index < -0.39 is 6.10 Å². The molecule has 1 amide bonds. The number of nitrogens with one attached hydrogen (secondary N) is 1. The molecule has 1 aromatic rings. The Morgan fingerprint density at radius 3 is 3.14 bits per heavy atom. The molecular weight excluding hydrogens is 198 g/mol. The van der Waals surface area contributed by atoms with Gasteiger partial charge in [-0.1, -0.05) is 6.08 Å². The first kappa shape index (κ1) is 10.9. The van der Waals surface area contributed by atoms with Gasteiger partial charge in [0.15, 0.2) is 0 Å². The lowest BCUT2D eigenvalue weighted by atomic mass is 10.2. The summed E-state index contributed by atoms with van der Waals surface area (Å²) >= 11 is 1.53. The molecule has 3 nitrogen and oxygen atoms in total. The van der Waals surface area contributed by atoms with E-state index in [2.05, 4.69) is 5.32 Å². The molecule has 0 radical (unpaired) electrons. The van der Waals surface area contributed by atoms with Gasteiger partial charge >= 0.3 is 0 Å². The third-order valence-electron chi connectivity index (χ3n) is 1.72. The summed E-state index contributed by atoms with van der Waals surface area (Å²) in [5.41, 5.74) is 0.843. The molecule has 1 aromatic heterocycles. The third-order valence-corrected chi connectivity index (χ3v) is 2.42. The Bertz CT molecular complexity index is 306. The fourth-order valence-electron chi connectivity index (χ4n) is 0.990. The van der Waals surface area contributed by atoms with Crippen LogP contribution >= 0.6 is 11.3 Å². The van der Waals surface area contributed by atoms with E-state index in [-0.39, 0.29) is 12.5 Å². The molecule has 0 spiro atoms. The molecule has 0 aliphatic heterocycles. The molecule has 0 bridgehead atoms. The van der Waals surface area contributed by atoms with Crippen LogP contribution in [0.5, 0.6) is 0 Å². The molecular formula is C10H13NO2S. The van der Waals surface area contributed by atoms with Gasteiger partial charge in [0.05, 0.1) is 6.10 Å². The molecule has 0 saturated carbocycles. The average molecular weight is 211 g/mol. The van der Waals surface area contributed by atoms with Crippen molar-refractivity contribution in [3.63, 3.8) is 0 Å². The van der Waals surface area contributed by atoms with Crippen LogP contribution in [0.25, 0.3) is 0 Å². The second kappa shape index (κ2) is 5.57. The number of rotatable bonds is 4. The van der Waals surface area contributed by atoms with Crippen molar-refractivity contribution >= 4 is 17.2 Å². The molecule has 14 heavy (non-hydrogen) atoms. The summed E-state index contributed by atoms with van der Waals surface area (Å²) in [7, 11) is 0. The highest BCUT2D eigenvalue weighted by Gasteiger charge is 2.07. The Labute approximate surface area is 87.1 Å². The molecule has 1 rings (SSSR count). The van der Waals surface area contributed by atoms with E-state index in [0.29, 0.717) is 0 Å². The number of aliphatic hydroxyl groups excluding tert-OH is 1. The van der Waals surface area contributed by atoms with Gasteiger partial charge < -0.3 is 10.4 Å². The summed E-state index contributed by atoms with van der Waals surface area (Å²) in [6.07, 6.45) is 2.47. The van der Waals surface area contributed by atoms with Gasteiger partial charge in [-0.2, -0.15) is 11.3 Å². The Kier molecular flexibility index (Phi) is 4.35. The number of hydrogen-bond donors (Lipinski definition) is 2.